The largest absolute Gasteiger partial charge is 0.872 e. The van der Waals surface area contributed by atoms with E-state index in [1.165, 1.54) is 40.1 Å². The average Bonchev–Trinajstić information content (AvgIpc) is 3.11. The maximum atomic E-state index is 14.9. The summed E-state index contributed by atoms with van der Waals surface area (Å²) in [7, 11) is 0. The van der Waals surface area contributed by atoms with Crippen LogP contribution < -0.4 is 14.7 Å². The fourth-order valence-electron chi connectivity index (χ4n) is 4.32. The number of Topliss-reactive ketones (excluding diaryl/α,β-unsaturated/α-hetero) is 1. The number of benzene rings is 2. The minimum Gasteiger partial charge on any atom is -0.872 e. The highest BCUT2D eigenvalue weighted by molar-refractivity contribution is 6.46. The number of hydrogen-bond acceptors (Lipinski definition) is 5. The second-order valence-electron chi connectivity index (χ2n) is 8.23. The Labute approximate surface area is 197 Å². The van der Waals surface area contributed by atoms with Gasteiger partial charge in [-0.2, -0.15) is 0 Å². The number of ketones is 1. The second-order valence-corrected chi connectivity index (χ2v) is 8.23. The van der Waals surface area contributed by atoms with E-state index in [0.29, 0.717) is 32.1 Å². The van der Waals surface area contributed by atoms with Crippen LogP contribution in [0.3, 0.4) is 0 Å². The maximum absolute atomic E-state index is 14.9. The fraction of sp³-hybridized carbons (Fsp3) is 0.308. The molecule has 2 saturated heterocycles. The van der Waals surface area contributed by atoms with Gasteiger partial charge in [0.15, 0.2) is 0 Å². The van der Waals surface area contributed by atoms with Crippen molar-refractivity contribution in [2.24, 2.45) is 0 Å². The van der Waals surface area contributed by atoms with Gasteiger partial charge in [0, 0.05) is 11.1 Å². The van der Waals surface area contributed by atoms with Crippen molar-refractivity contribution in [2.45, 2.75) is 6.04 Å². The van der Waals surface area contributed by atoms with Crippen LogP contribution in [0.5, 0.6) is 5.75 Å². The van der Waals surface area contributed by atoms with Crippen LogP contribution in [0.2, 0.25) is 0 Å². The number of quaternary nitrogens is 1. The minimum absolute atomic E-state index is 0.132. The van der Waals surface area contributed by atoms with Gasteiger partial charge in [-0.25, -0.2) is 4.39 Å². The molecule has 0 spiro atoms. The Kier molecular flexibility index (Phi) is 7.40. The van der Waals surface area contributed by atoms with Gasteiger partial charge in [0.1, 0.15) is 31.3 Å². The predicted octanol–water partition coefficient (Wildman–Crippen LogP) is 0.530. The van der Waals surface area contributed by atoms with Crippen molar-refractivity contribution < 1.29 is 33.5 Å². The summed E-state index contributed by atoms with van der Waals surface area (Å²) >= 11 is 0. The smallest absolute Gasteiger partial charge is 0.295 e. The number of nitrogens with zero attached hydrogens (tertiary/aromatic N) is 1. The Hall–Kier alpha value is -3.49. The molecule has 1 N–H and O–H groups in total. The van der Waals surface area contributed by atoms with Crippen LogP contribution in [0, 0.1) is 5.82 Å². The highest BCUT2D eigenvalue weighted by Crippen LogP contribution is 2.39. The molecule has 2 heterocycles. The number of ether oxygens (including phenoxy) is 2. The van der Waals surface area contributed by atoms with E-state index < -0.39 is 29.3 Å². The number of hydrogen-bond donors (Lipinski definition) is 1. The Morgan fingerprint density at radius 2 is 1.88 bits per heavy atom. The minimum atomic E-state index is -1.08. The third-order valence-electron chi connectivity index (χ3n) is 6.12. The zero-order chi connectivity index (χ0) is 24.1. The molecule has 8 heteroatoms. The number of rotatable bonds is 8. The molecule has 34 heavy (non-hydrogen) atoms. The Balaban J connectivity index is 1.70. The monoisotopic (exact) mass is 466 g/mol. The molecule has 0 bridgehead atoms. The SMILES string of the molecule is C=CCOc1ccc(C([O-])=C2C(=O)C(=O)N(CC[NH+]3CCOCC3)C2c2ccccc2F)cc1. The molecule has 0 saturated carbocycles. The van der Waals surface area contributed by atoms with Gasteiger partial charge in [-0.15, -0.1) is 0 Å². The summed E-state index contributed by atoms with van der Waals surface area (Å²) in [5.41, 5.74) is 0.129. The second kappa shape index (κ2) is 10.6. The molecule has 1 unspecified atom stereocenters. The molecule has 0 aliphatic carbocycles. The molecule has 2 fully saturated rings. The summed E-state index contributed by atoms with van der Waals surface area (Å²) in [5.74, 6) is -2.30. The van der Waals surface area contributed by atoms with Crippen molar-refractivity contribution in [2.75, 3.05) is 46.0 Å². The molecule has 2 aliphatic rings. The van der Waals surface area contributed by atoms with Gasteiger partial charge in [0.2, 0.25) is 5.78 Å². The van der Waals surface area contributed by atoms with E-state index in [1.807, 2.05) is 0 Å². The van der Waals surface area contributed by atoms with Gasteiger partial charge in [-0.1, -0.05) is 48.7 Å². The van der Waals surface area contributed by atoms with E-state index in [-0.39, 0.29) is 23.2 Å². The lowest BCUT2D eigenvalue weighted by molar-refractivity contribution is -0.907. The van der Waals surface area contributed by atoms with E-state index in [4.69, 9.17) is 9.47 Å². The highest BCUT2D eigenvalue weighted by atomic mass is 19.1. The molecule has 178 valence electrons. The molecular formula is C26H27FN2O5. The van der Waals surface area contributed by atoms with Crippen molar-refractivity contribution in [1.82, 2.24) is 4.90 Å². The first kappa shape index (κ1) is 23.7. The van der Waals surface area contributed by atoms with Gasteiger partial charge < -0.3 is 24.4 Å². The lowest BCUT2D eigenvalue weighted by Crippen LogP contribution is -3.14. The third kappa shape index (κ3) is 4.88. The van der Waals surface area contributed by atoms with Crippen molar-refractivity contribution in [3.05, 3.63) is 83.7 Å². The zero-order valence-corrected chi connectivity index (χ0v) is 18.8. The van der Waals surface area contributed by atoms with Crippen LogP contribution in [0.25, 0.3) is 5.76 Å². The molecule has 0 aromatic heterocycles. The summed E-state index contributed by atoms with van der Waals surface area (Å²) in [6.07, 6.45) is 1.60. The molecule has 2 aliphatic heterocycles. The number of halogens is 1. The normalized spacial score (nSPS) is 20.5. The van der Waals surface area contributed by atoms with E-state index >= 15 is 0 Å². The van der Waals surface area contributed by atoms with Crippen molar-refractivity contribution in [3.63, 3.8) is 0 Å². The molecule has 2 aromatic rings. The van der Waals surface area contributed by atoms with Crippen LogP contribution >= 0.6 is 0 Å². The van der Waals surface area contributed by atoms with Gasteiger partial charge in [0.05, 0.1) is 32.3 Å². The molecule has 7 nitrogen and oxygen atoms in total. The van der Waals surface area contributed by atoms with Crippen molar-refractivity contribution in [1.29, 1.82) is 0 Å². The Morgan fingerprint density at radius 1 is 1.18 bits per heavy atom. The third-order valence-corrected chi connectivity index (χ3v) is 6.12. The van der Waals surface area contributed by atoms with Gasteiger partial charge >= 0.3 is 0 Å². The van der Waals surface area contributed by atoms with E-state index in [1.54, 1.807) is 24.3 Å². The number of amides is 1. The van der Waals surface area contributed by atoms with Crippen LogP contribution in [0.15, 0.2) is 66.8 Å². The number of carbonyl (C=O) groups excluding carboxylic acids is 2. The van der Waals surface area contributed by atoms with Gasteiger partial charge in [-0.05, 0) is 23.8 Å². The van der Waals surface area contributed by atoms with E-state index in [2.05, 4.69) is 6.58 Å². The molecule has 1 amide bonds. The van der Waals surface area contributed by atoms with Crippen LogP contribution in [-0.2, 0) is 14.3 Å². The molecule has 0 radical (unpaired) electrons. The maximum Gasteiger partial charge on any atom is 0.295 e. The van der Waals surface area contributed by atoms with Gasteiger partial charge in [0.25, 0.3) is 5.91 Å². The predicted molar refractivity (Wildman–Crippen MR) is 121 cm³/mol. The van der Waals surface area contributed by atoms with E-state index in [9.17, 15) is 19.1 Å². The van der Waals surface area contributed by atoms with Crippen LogP contribution in [0.4, 0.5) is 4.39 Å². The molecule has 2 aromatic carbocycles. The molecule has 4 rings (SSSR count). The zero-order valence-electron chi connectivity index (χ0n) is 18.8. The summed E-state index contributed by atoms with van der Waals surface area (Å²) in [4.78, 5) is 28.6. The number of nitrogens with one attached hydrogen (secondary N) is 1. The fourth-order valence-corrected chi connectivity index (χ4v) is 4.32. The van der Waals surface area contributed by atoms with Crippen LogP contribution in [0.1, 0.15) is 17.2 Å². The first-order valence-corrected chi connectivity index (χ1v) is 11.3. The number of morpholine rings is 1. The quantitative estimate of drug-likeness (QED) is 0.266. The first-order valence-electron chi connectivity index (χ1n) is 11.3. The lowest BCUT2D eigenvalue weighted by atomic mass is 9.95. The summed E-state index contributed by atoms with van der Waals surface area (Å²) in [6.45, 7) is 7.53. The standard InChI is InChI=1S/C26H27FN2O5/c1-2-15-34-19-9-7-18(8-10-19)24(30)22-23(20-5-3-4-6-21(20)27)29(26(32)25(22)31)12-11-28-13-16-33-17-14-28/h2-10,23,30H,1,11-17H2. The Bertz CT molecular complexity index is 1090. The lowest BCUT2D eigenvalue weighted by Gasteiger charge is -2.30. The first-order chi connectivity index (χ1) is 16.5. The summed E-state index contributed by atoms with van der Waals surface area (Å²) in [6, 6.07) is 11.1. The van der Waals surface area contributed by atoms with Crippen molar-refractivity contribution in [3.8, 4) is 5.75 Å². The van der Waals surface area contributed by atoms with Gasteiger partial charge in [-0.3, -0.25) is 9.59 Å². The van der Waals surface area contributed by atoms with Crippen LogP contribution in [-0.4, -0.2) is 62.6 Å². The number of likely N-dealkylation sites (tertiary alicyclic amines) is 1. The topological polar surface area (TPSA) is 83.3 Å². The molecular weight excluding hydrogens is 439 g/mol. The average molecular weight is 467 g/mol. The summed E-state index contributed by atoms with van der Waals surface area (Å²) in [5, 5.41) is 13.4. The summed E-state index contributed by atoms with van der Waals surface area (Å²) < 4.78 is 25.7. The number of carbonyl (C=O) groups is 2. The van der Waals surface area contributed by atoms with E-state index in [0.717, 1.165) is 13.1 Å². The molecule has 1 atom stereocenters. The Morgan fingerprint density at radius 3 is 2.56 bits per heavy atom. The highest BCUT2D eigenvalue weighted by Gasteiger charge is 2.45. The van der Waals surface area contributed by atoms with Crippen molar-refractivity contribution >= 4 is 17.4 Å².